The maximum absolute atomic E-state index is 12.2. The molecule has 2 aromatic carbocycles. The first-order valence-electron chi connectivity index (χ1n) is 8.82. The Morgan fingerprint density at radius 2 is 1.61 bits per heavy atom. The first-order valence-corrected chi connectivity index (χ1v) is 8.82. The lowest BCUT2D eigenvalue weighted by molar-refractivity contribution is -0.153. The minimum atomic E-state index is -0.903. The van der Waals surface area contributed by atoms with Crippen LogP contribution in [0.1, 0.15) is 18.9 Å². The molecule has 0 aliphatic rings. The van der Waals surface area contributed by atoms with Crippen LogP contribution >= 0.6 is 0 Å². The molecule has 0 spiro atoms. The summed E-state index contributed by atoms with van der Waals surface area (Å²) in [7, 11) is 4.68. The molecule has 0 radical (unpaired) electrons. The highest BCUT2D eigenvalue weighted by Crippen LogP contribution is 2.28. The molecule has 1 atom stereocenters. The smallest absolute Gasteiger partial charge is 0.306 e. The van der Waals surface area contributed by atoms with Gasteiger partial charge in [0.15, 0.2) is 17.6 Å². The van der Waals surface area contributed by atoms with Gasteiger partial charge in [0.1, 0.15) is 5.75 Å². The molecule has 0 unspecified atom stereocenters. The van der Waals surface area contributed by atoms with Crippen LogP contribution in [0.3, 0.4) is 0 Å². The average Bonchev–Trinajstić information content (AvgIpc) is 2.72. The van der Waals surface area contributed by atoms with Crippen LogP contribution in [0.4, 0.5) is 5.69 Å². The van der Waals surface area contributed by atoms with Gasteiger partial charge in [0.05, 0.1) is 21.3 Å². The highest BCUT2D eigenvalue weighted by atomic mass is 16.5. The highest BCUT2D eigenvalue weighted by Gasteiger charge is 2.18. The van der Waals surface area contributed by atoms with Crippen LogP contribution < -0.4 is 19.5 Å². The molecule has 0 aliphatic heterocycles. The zero-order valence-corrected chi connectivity index (χ0v) is 16.5. The minimum Gasteiger partial charge on any atom is -0.497 e. The van der Waals surface area contributed by atoms with E-state index in [0.717, 1.165) is 5.56 Å². The fraction of sp³-hybridized carbons (Fsp3) is 0.333. The number of methoxy groups -OCH3 is 3. The standard InChI is InChI=1S/C21H25NO6/c1-14(21(24)22-16-7-9-17(25-2)10-8-16)28-20(23)12-6-15-5-11-18(26-3)19(13-15)27-4/h5,7-11,13-14H,6,12H2,1-4H3,(H,22,24)/t14-/m1/s1. The van der Waals surface area contributed by atoms with Crippen LogP contribution in [-0.4, -0.2) is 39.3 Å². The molecule has 1 N–H and O–H groups in total. The van der Waals surface area contributed by atoms with Gasteiger partial charge < -0.3 is 24.3 Å². The number of amides is 1. The Hall–Kier alpha value is -3.22. The van der Waals surface area contributed by atoms with Gasteiger partial charge in [-0.05, 0) is 55.3 Å². The molecule has 0 saturated heterocycles. The molecule has 150 valence electrons. The summed E-state index contributed by atoms with van der Waals surface area (Å²) in [4.78, 5) is 24.3. The lowest BCUT2D eigenvalue weighted by Crippen LogP contribution is -2.30. The first kappa shape index (κ1) is 21.1. The predicted molar refractivity (Wildman–Crippen MR) is 105 cm³/mol. The number of nitrogens with one attached hydrogen (secondary N) is 1. The molecule has 0 saturated carbocycles. The Balaban J connectivity index is 1.83. The molecule has 1 amide bonds. The number of aryl methyl sites for hydroxylation is 1. The third-order valence-corrected chi connectivity index (χ3v) is 4.10. The van der Waals surface area contributed by atoms with E-state index in [9.17, 15) is 9.59 Å². The molecule has 0 fully saturated rings. The summed E-state index contributed by atoms with van der Waals surface area (Å²) >= 11 is 0. The Morgan fingerprint density at radius 3 is 2.21 bits per heavy atom. The predicted octanol–water partition coefficient (Wildman–Crippen LogP) is 3.22. The van der Waals surface area contributed by atoms with Crippen LogP contribution in [0, 0.1) is 0 Å². The summed E-state index contributed by atoms with van der Waals surface area (Å²) in [5.74, 6) is 1.06. The monoisotopic (exact) mass is 387 g/mol. The third-order valence-electron chi connectivity index (χ3n) is 4.10. The summed E-state index contributed by atoms with van der Waals surface area (Å²) in [5.41, 5.74) is 1.50. The first-order chi connectivity index (χ1) is 13.5. The number of esters is 1. The van der Waals surface area contributed by atoms with Crippen molar-refractivity contribution in [2.75, 3.05) is 26.6 Å². The van der Waals surface area contributed by atoms with Crippen LogP contribution in [0.25, 0.3) is 0 Å². The summed E-state index contributed by atoms with van der Waals surface area (Å²) in [5, 5.41) is 2.70. The Morgan fingerprint density at radius 1 is 0.929 bits per heavy atom. The molecular weight excluding hydrogens is 362 g/mol. The van der Waals surface area contributed by atoms with Crippen molar-refractivity contribution in [3.63, 3.8) is 0 Å². The molecule has 0 heterocycles. The van der Waals surface area contributed by atoms with E-state index < -0.39 is 18.0 Å². The molecule has 0 bridgehead atoms. The summed E-state index contributed by atoms with van der Waals surface area (Å²) in [6, 6.07) is 12.3. The van der Waals surface area contributed by atoms with E-state index in [-0.39, 0.29) is 6.42 Å². The number of carbonyl (C=O) groups is 2. The van der Waals surface area contributed by atoms with Crippen LogP contribution in [0.2, 0.25) is 0 Å². The fourth-order valence-electron chi connectivity index (χ4n) is 2.51. The fourth-order valence-corrected chi connectivity index (χ4v) is 2.51. The number of benzene rings is 2. The number of carbonyl (C=O) groups excluding carboxylic acids is 2. The molecule has 2 rings (SSSR count). The van der Waals surface area contributed by atoms with Crippen LogP contribution in [-0.2, 0) is 20.7 Å². The lowest BCUT2D eigenvalue weighted by atomic mass is 10.1. The van der Waals surface area contributed by atoms with Crippen molar-refractivity contribution in [1.29, 1.82) is 0 Å². The Bertz CT molecular complexity index is 803. The van der Waals surface area contributed by atoms with E-state index >= 15 is 0 Å². The van der Waals surface area contributed by atoms with Crippen LogP contribution in [0.5, 0.6) is 17.2 Å². The van der Waals surface area contributed by atoms with Gasteiger partial charge in [-0.25, -0.2) is 0 Å². The van der Waals surface area contributed by atoms with E-state index in [1.165, 1.54) is 6.92 Å². The van der Waals surface area contributed by atoms with E-state index in [0.29, 0.717) is 29.4 Å². The van der Waals surface area contributed by atoms with Gasteiger partial charge in [0, 0.05) is 12.1 Å². The second-order valence-corrected chi connectivity index (χ2v) is 6.04. The summed E-state index contributed by atoms with van der Waals surface area (Å²) in [6.45, 7) is 1.53. The maximum Gasteiger partial charge on any atom is 0.306 e. The number of hydrogen-bond donors (Lipinski definition) is 1. The van der Waals surface area contributed by atoms with Gasteiger partial charge >= 0.3 is 5.97 Å². The Labute approximate surface area is 164 Å². The number of ether oxygens (including phenoxy) is 4. The van der Waals surface area contributed by atoms with Gasteiger partial charge in [0.2, 0.25) is 0 Å². The number of hydrogen-bond acceptors (Lipinski definition) is 6. The molecule has 7 heteroatoms. The van der Waals surface area contributed by atoms with Gasteiger partial charge in [-0.1, -0.05) is 6.07 Å². The Kier molecular flexibility index (Phi) is 7.68. The number of rotatable bonds is 9. The van der Waals surface area contributed by atoms with Crippen molar-refractivity contribution in [3.8, 4) is 17.2 Å². The van der Waals surface area contributed by atoms with E-state index in [2.05, 4.69) is 5.32 Å². The van der Waals surface area contributed by atoms with Crippen molar-refractivity contribution >= 4 is 17.6 Å². The van der Waals surface area contributed by atoms with Gasteiger partial charge in [-0.2, -0.15) is 0 Å². The molecule has 7 nitrogen and oxygen atoms in total. The van der Waals surface area contributed by atoms with E-state index in [1.807, 2.05) is 12.1 Å². The van der Waals surface area contributed by atoms with Crippen LogP contribution in [0.15, 0.2) is 42.5 Å². The quantitative estimate of drug-likeness (QED) is 0.665. The SMILES string of the molecule is COc1ccc(NC(=O)[C@@H](C)OC(=O)CCc2ccc(OC)c(OC)c2)cc1. The largest absolute Gasteiger partial charge is 0.497 e. The van der Waals surface area contributed by atoms with Crippen molar-refractivity contribution in [2.45, 2.75) is 25.9 Å². The van der Waals surface area contributed by atoms with Crippen molar-refractivity contribution < 1.29 is 28.5 Å². The molecule has 0 aromatic heterocycles. The molecule has 0 aliphatic carbocycles. The lowest BCUT2D eigenvalue weighted by Gasteiger charge is -2.14. The average molecular weight is 387 g/mol. The number of anilines is 1. The second-order valence-electron chi connectivity index (χ2n) is 6.04. The van der Waals surface area contributed by atoms with Crippen molar-refractivity contribution in [3.05, 3.63) is 48.0 Å². The second kappa shape index (κ2) is 10.2. The van der Waals surface area contributed by atoms with Crippen molar-refractivity contribution in [1.82, 2.24) is 0 Å². The third kappa shape index (κ3) is 5.90. The zero-order valence-electron chi connectivity index (χ0n) is 16.5. The molecular formula is C21H25NO6. The van der Waals surface area contributed by atoms with E-state index in [4.69, 9.17) is 18.9 Å². The summed E-state index contributed by atoms with van der Waals surface area (Å²) in [6.07, 6.45) is -0.290. The highest BCUT2D eigenvalue weighted by molar-refractivity contribution is 5.95. The normalized spacial score (nSPS) is 11.3. The maximum atomic E-state index is 12.2. The zero-order chi connectivity index (χ0) is 20.5. The molecule has 2 aromatic rings. The van der Waals surface area contributed by atoms with Crippen molar-refractivity contribution in [2.24, 2.45) is 0 Å². The van der Waals surface area contributed by atoms with Gasteiger partial charge in [-0.15, -0.1) is 0 Å². The van der Waals surface area contributed by atoms with Gasteiger partial charge in [-0.3, -0.25) is 9.59 Å². The summed E-state index contributed by atoms with van der Waals surface area (Å²) < 4.78 is 20.7. The van der Waals surface area contributed by atoms with Gasteiger partial charge in [0.25, 0.3) is 5.91 Å². The molecule has 28 heavy (non-hydrogen) atoms. The minimum absolute atomic E-state index is 0.148. The van der Waals surface area contributed by atoms with E-state index in [1.54, 1.807) is 51.7 Å². The topological polar surface area (TPSA) is 83.1 Å².